The van der Waals surface area contributed by atoms with Crippen LogP contribution in [0.3, 0.4) is 0 Å². The second-order valence-corrected chi connectivity index (χ2v) is 7.12. The second kappa shape index (κ2) is 9.18. The van der Waals surface area contributed by atoms with Crippen LogP contribution >= 0.6 is 0 Å². The first-order valence-corrected chi connectivity index (χ1v) is 10.0. The van der Waals surface area contributed by atoms with Crippen LogP contribution in [-0.2, 0) is 4.79 Å². The smallest absolute Gasteiger partial charge is 0.271 e. The summed E-state index contributed by atoms with van der Waals surface area (Å²) in [6.07, 6.45) is 1.63. The van der Waals surface area contributed by atoms with E-state index in [1.165, 1.54) is 6.92 Å². The molecule has 160 valence electrons. The third kappa shape index (κ3) is 4.37. The summed E-state index contributed by atoms with van der Waals surface area (Å²) in [7, 11) is 1.63. The Labute approximate surface area is 185 Å². The molecule has 4 rings (SSSR count). The fourth-order valence-electron chi connectivity index (χ4n) is 3.48. The number of nitrogens with one attached hydrogen (secondary N) is 3. The molecule has 0 radical (unpaired) electrons. The van der Waals surface area contributed by atoms with Crippen molar-refractivity contribution in [3.8, 4) is 17.0 Å². The molecule has 1 heterocycles. The van der Waals surface area contributed by atoms with Crippen molar-refractivity contribution in [1.29, 1.82) is 0 Å². The van der Waals surface area contributed by atoms with Crippen molar-refractivity contribution in [2.24, 2.45) is 5.10 Å². The summed E-state index contributed by atoms with van der Waals surface area (Å²) >= 11 is 0. The van der Waals surface area contributed by atoms with Crippen LogP contribution in [0.1, 0.15) is 22.8 Å². The molecule has 0 spiro atoms. The first kappa shape index (κ1) is 20.9. The lowest BCUT2D eigenvalue weighted by Gasteiger charge is -2.04. The van der Waals surface area contributed by atoms with Crippen molar-refractivity contribution in [2.75, 3.05) is 12.4 Å². The number of aromatic nitrogens is 1. The van der Waals surface area contributed by atoms with Gasteiger partial charge in [-0.1, -0.05) is 42.5 Å². The number of fused-ring (bicyclic) bond motifs is 1. The van der Waals surface area contributed by atoms with Gasteiger partial charge in [0.1, 0.15) is 5.75 Å². The number of para-hydroxylation sites is 1. The van der Waals surface area contributed by atoms with Crippen molar-refractivity contribution in [2.45, 2.75) is 6.92 Å². The highest BCUT2D eigenvalue weighted by Crippen LogP contribution is 2.33. The number of hydrogen-bond acceptors (Lipinski definition) is 4. The predicted molar refractivity (Wildman–Crippen MR) is 126 cm³/mol. The number of hydrogen-bond donors (Lipinski definition) is 3. The summed E-state index contributed by atoms with van der Waals surface area (Å²) in [5, 5.41) is 7.80. The maximum atomic E-state index is 12.5. The van der Waals surface area contributed by atoms with Crippen molar-refractivity contribution >= 4 is 34.6 Å². The van der Waals surface area contributed by atoms with Gasteiger partial charge < -0.3 is 15.0 Å². The van der Waals surface area contributed by atoms with Gasteiger partial charge in [-0.3, -0.25) is 9.59 Å². The van der Waals surface area contributed by atoms with Crippen molar-refractivity contribution in [1.82, 2.24) is 10.4 Å². The SMILES string of the molecule is COc1cccc2c(C=NNC(=O)c3ccc(NC(C)=O)cc3)c(-c3ccccc3)[nH]c12. The molecule has 0 saturated carbocycles. The molecule has 7 nitrogen and oxygen atoms in total. The van der Waals surface area contributed by atoms with E-state index in [0.717, 1.165) is 33.5 Å². The van der Waals surface area contributed by atoms with Gasteiger partial charge in [0.2, 0.25) is 5.91 Å². The van der Waals surface area contributed by atoms with Crippen LogP contribution in [-0.4, -0.2) is 30.1 Å². The van der Waals surface area contributed by atoms with E-state index < -0.39 is 0 Å². The molecule has 0 aliphatic carbocycles. The Hall–Kier alpha value is -4.39. The third-order valence-electron chi connectivity index (χ3n) is 4.95. The number of carbonyl (C=O) groups is 2. The van der Waals surface area contributed by atoms with E-state index in [9.17, 15) is 9.59 Å². The lowest BCUT2D eigenvalue weighted by atomic mass is 10.1. The summed E-state index contributed by atoms with van der Waals surface area (Å²) in [5.41, 5.74) is 7.19. The quantitative estimate of drug-likeness (QED) is 0.311. The largest absolute Gasteiger partial charge is 0.495 e. The number of carbonyl (C=O) groups excluding carboxylic acids is 2. The average Bonchev–Trinajstić information content (AvgIpc) is 3.18. The Morgan fingerprint density at radius 2 is 1.72 bits per heavy atom. The third-order valence-corrected chi connectivity index (χ3v) is 4.95. The van der Waals surface area contributed by atoms with Gasteiger partial charge in [0.15, 0.2) is 0 Å². The van der Waals surface area contributed by atoms with Crippen LogP contribution in [0.15, 0.2) is 77.9 Å². The molecule has 2 amide bonds. The number of rotatable bonds is 6. The summed E-state index contributed by atoms with van der Waals surface area (Å²) < 4.78 is 5.49. The topological polar surface area (TPSA) is 95.6 Å². The standard InChI is InChI=1S/C25H22N4O3/c1-16(30)27-19-13-11-18(12-14-19)25(31)29-26-15-21-20-9-6-10-22(32-2)24(20)28-23(21)17-7-4-3-5-8-17/h3-15,28H,1-2H3,(H,27,30)(H,29,31). The molecular weight excluding hydrogens is 404 g/mol. The van der Waals surface area contributed by atoms with Crippen LogP contribution in [0.2, 0.25) is 0 Å². The van der Waals surface area contributed by atoms with Gasteiger partial charge in [-0.15, -0.1) is 0 Å². The van der Waals surface area contributed by atoms with Crippen molar-refractivity contribution in [3.05, 3.63) is 83.9 Å². The van der Waals surface area contributed by atoms with Gasteiger partial charge in [-0.05, 0) is 35.9 Å². The van der Waals surface area contributed by atoms with Crippen LogP contribution in [0.25, 0.3) is 22.2 Å². The molecule has 0 aliphatic heterocycles. The number of methoxy groups -OCH3 is 1. The molecule has 32 heavy (non-hydrogen) atoms. The van der Waals surface area contributed by atoms with Gasteiger partial charge in [0.05, 0.1) is 24.5 Å². The lowest BCUT2D eigenvalue weighted by molar-refractivity contribution is -0.114. The monoisotopic (exact) mass is 426 g/mol. The molecule has 0 fully saturated rings. The maximum absolute atomic E-state index is 12.5. The van der Waals surface area contributed by atoms with E-state index in [4.69, 9.17) is 4.74 Å². The molecule has 3 aromatic carbocycles. The minimum absolute atomic E-state index is 0.170. The van der Waals surface area contributed by atoms with Crippen molar-refractivity contribution < 1.29 is 14.3 Å². The van der Waals surface area contributed by atoms with Gasteiger partial charge in [0.25, 0.3) is 5.91 Å². The zero-order valence-electron chi connectivity index (χ0n) is 17.7. The fourth-order valence-corrected chi connectivity index (χ4v) is 3.48. The second-order valence-electron chi connectivity index (χ2n) is 7.12. The Morgan fingerprint density at radius 1 is 0.969 bits per heavy atom. The Kier molecular flexibility index (Phi) is 5.98. The minimum atomic E-state index is -0.352. The highest BCUT2D eigenvalue weighted by Gasteiger charge is 2.14. The predicted octanol–water partition coefficient (Wildman–Crippen LogP) is 4.57. The Bertz CT molecular complexity index is 1290. The van der Waals surface area contributed by atoms with E-state index in [1.54, 1.807) is 37.6 Å². The maximum Gasteiger partial charge on any atom is 0.271 e. The normalized spacial score (nSPS) is 10.9. The van der Waals surface area contributed by atoms with E-state index in [1.807, 2.05) is 48.5 Å². The molecule has 4 aromatic rings. The minimum Gasteiger partial charge on any atom is -0.495 e. The van der Waals surface area contributed by atoms with Gasteiger partial charge in [0, 0.05) is 29.1 Å². The van der Waals surface area contributed by atoms with Gasteiger partial charge in [-0.25, -0.2) is 5.43 Å². The average molecular weight is 426 g/mol. The Morgan fingerprint density at radius 3 is 2.41 bits per heavy atom. The molecular formula is C25H22N4O3. The number of H-pyrrole nitrogens is 1. The molecule has 7 heteroatoms. The summed E-state index contributed by atoms with van der Waals surface area (Å²) in [4.78, 5) is 27.0. The highest BCUT2D eigenvalue weighted by atomic mass is 16.5. The number of amides is 2. The zero-order valence-corrected chi connectivity index (χ0v) is 17.7. The summed E-state index contributed by atoms with van der Waals surface area (Å²) in [5.74, 6) is 0.202. The van der Waals surface area contributed by atoms with E-state index >= 15 is 0 Å². The molecule has 0 atom stereocenters. The number of benzene rings is 3. The van der Waals surface area contributed by atoms with Crippen LogP contribution in [0, 0.1) is 0 Å². The van der Waals surface area contributed by atoms with Crippen LogP contribution < -0.4 is 15.5 Å². The number of nitrogens with zero attached hydrogens (tertiary/aromatic N) is 1. The number of anilines is 1. The summed E-state index contributed by atoms with van der Waals surface area (Å²) in [6, 6.07) is 22.3. The van der Waals surface area contributed by atoms with E-state index in [2.05, 4.69) is 20.8 Å². The van der Waals surface area contributed by atoms with Gasteiger partial charge in [-0.2, -0.15) is 5.10 Å². The molecule has 0 bridgehead atoms. The van der Waals surface area contributed by atoms with Crippen LogP contribution in [0.4, 0.5) is 5.69 Å². The van der Waals surface area contributed by atoms with Crippen LogP contribution in [0.5, 0.6) is 5.75 Å². The number of ether oxygens (including phenoxy) is 1. The highest BCUT2D eigenvalue weighted by molar-refractivity contribution is 6.08. The molecule has 0 aliphatic rings. The first-order valence-electron chi connectivity index (χ1n) is 10.0. The van der Waals surface area contributed by atoms with Crippen molar-refractivity contribution in [3.63, 3.8) is 0 Å². The van der Waals surface area contributed by atoms with E-state index in [0.29, 0.717) is 11.3 Å². The number of aromatic amines is 1. The van der Waals surface area contributed by atoms with Gasteiger partial charge >= 0.3 is 0 Å². The molecule has 0 saturated heterocycles. The fraction of sp³-hybridized carbons (Fsp3) is 0.0800. The first-order chi connectivity index (χ1) is 15.6. The molecule has 0 unspecified atom stereocenters. The van der Waals surface area contributed by atoms with E-state index in [-0.39, 0.29) is 11.8 Å². The zero-order chi connectivity index (χ0) is 22.5. The molecule has 1 aromatic heterocycles. The Balaban J connectivity index is 1.62. The molecule has 3 N–H and O–H groups in total. The lowest BCUT2D eigenvalue weighted by Crippen LogP contribution is -2.17. The number of hydrazone groups is 1. The summed E-state index contributed by atoms with van der Waals surface area (Å²) in [6.45, 7) is 1.43.